The molecule has 1 saturated heterocycles. The second kappa shape index (κ2) is 4.52. The lowest BCUT2D eigenvalue weighted by molar-refractivity contribution is -0.136. The quantitative estimate of drug-likeness (QED) is 0.859. The summed E-state index contributed by atoms with van der Waals surface area (Å²) in [7, 11) is 0. The average molecular weight is 251 g/mol. The molecule has 3 nitrogen and oxygen atoms in total. The number of anilines is 1. The van der Waals surface area contributed by atoms with Crippen molar-refractivity contribution < 1.29 is 9.84 Å². The van der Waals surface area contributed by atoms with Crippen molar-refractivity contribution >= 4 is 17.4 Å². The molecule has 0 bridgehead atoms. The van der Waals surface area contributed by atoms with Gasteiger partial charge in [0.1, 0.15) is 0 Å². The Bertz CT molecular complexity index is 412. The Morgan fingerprint density at radius 2 is 2.29 bits per heavy atom. The van der Waals surface area contributed by atoms with Gasteiger partial charge in [-0.25, -0.2) is 0 Å². The minimum atomic E-state index is -0.0317. The molecule has 2 heterocycles. The lowest BCUT2D eigenvalue weighted by Crippen LogP contribution is -2.47. The van der Waals surface area contributed by atoms with Crippen molar-refractivity contribution in [2.75, 3.05) is 37.4 Å². The smallest absolute Gasteiger partial charge is 0.0570 e. The van der Waals surface area contributed by atoms with Crippen molar-refractivity contribution in [3.63, 3.8) is 0 Å². The largest absolute Gasteiger partial charge is 0.396 e. The van der Waals surface area contributed by atoms with Gasteiger partial charge in [-0.05, 0) is 24.1 Å². The van der Waals surface area contributed by atoms with Gasteiger partial charge < -0.3 is 15.2 Å². The molecule has 1 fully saturated rings. The van der Waals surface area contributed by atoms with Crippen molar-refractivity contribution in [2.45, 2.75) is 11.3 Å². The Morgan fingerprint density at radius 1 is 1.41 bits per heavy atom. The molecular weight excluding hydrogens is 234 g/mol. The first-order valence-electron chi connectivity index (χ1n) is 6.00. The Morgan fingerprint density at radius 3 is 3.00 bits per heavy atom. The van der Waals surface area contributed by atoms with E-state index in [9.17, 15) is 5.11 Å². The fourth-order valence-electron chi connectivity index (χ4n) is 2.37. The predicted octanol–water partition coefficient (Wildman–Crippen LogP) is 1.76. The lowest BCUT2D eigenvalue weighted by atomic mass is 9.80. The van der Waals surface area contributed by atoms with Crippen LogP contribution >= 0.6 is 11.8 Å². The average Bonchev–Trinajstić information content (AvgIpc) is 2.34. The molecule has 2 aliphatic heterocycles. The van der Waals surface area contributed by atoms with Crippen molar-refractivity contribution in [1.29, 1.82) is 0 Å². The van der Waals surface area contributed by atoms with Gasteiger partial charge in [-0.2, -0.15) is 0 Å². The van der Waals surface area contributed by atoms with E-state index in [2.05, 4.69) is 23.5 Å². The molecular formula is C13H17NO2S. The van der Waals surface area contributed by atoms with Gasteiger partial charge >= 0.3 is 0 Å². The molecule has 4 heteroatoms. The molecule has 2 N–H and O–H groups in total. The summed E-state index contributed by atoms with van der Waals surface area (Å²) >= 11 is 1.90. The maximum Gasteiger partial charge on any atom is 0.0570 e. The third-order valence-electron chi connectivity index (χ3n) is 3.45. The molecule has 17 heavy (non-hydrogen) atoms. The van der Waals surface area contributed by atoms with Gasteiger partial charge in [-0.3, -0.25) is 0 Å². The maximum absolute atomic E-state index is 9.44. The normalized spacial score (nSPS) is 21.2. The van der Waals surface area contributed by atoms with E-state index in [1.54, 1.807) is 0 Å². The fraction of sp³-hybridized carbons (Fsp3) is 0.538. The van der Waals surface area contributed by atoms with Gasteiger partial charge in [0, 0.05) is 28.3 Å². The number of aliphatic hydroxyl groups excluding tert-OH is 1. The number of aliphatic hydroxyl groups is 1. The Balaban J connectivity index is 1.79. The molecule has 0 aromatic heterocycles. The molecule has 1 aromatic rings. The highest BCUT2D eigenvalue weighted by Gasteiger charge is 2.38. The van der Waals surface area contributed by atoms with E-state index in [-0.39, 0.29) is 12.0 Å². The second-order valence-electron chi connectivity index (χ2n) is 4.93. The summed E-state index contributed by atoms with van der Waals surface area (Å²) in [4.78, 5) is 1.34. The highest BCUT2D eigenvalue weighted by molar-refractivity contribution is 7.99. The zero-order valence-electron chi connectivity index (χ0n) is 9.74. The van der Waals surface area contributed by atoms with E-state index >= 15 is 0 Å². The number of hydrogen-bond acceptors (Lipinski definition) is 4. The number of hydrogen-bond donors (Lipinski definition) is 2. The van der Waals surface area contributed by atoms with Gasteiger partial charge in [0.25, 0.3) is 0 Å². The third-order valence-corrected chi connectivity index (χ3v) is 4.53. The number of thioether (sulfide) groups is 1. The van der Waals surface area contributed by atoms with Crippen LogP contribution in [0.25, 0.3) is 0 Å². The van der Waals surface area contributed by atoms with Crippen LogP contribution in [0, 0.1) is 5.41 Å². The maximum atomic E-state index is 9.44. The Hall–Kier alpha value is -0.710. The molecule has 0 unspecified atom stereocenters. The van der Waals surface area contributed by atoms with E-state index in [4.69, 9.17) is 4.74 Å². The molecule has 3 rings (SSSR count). The van der Waals surface area contributed by atoms with Crippen LogP contribution in [0.4, 0.5) is 5.69 Å². The summed E-state index contributed by atoms with van der Waals surface area (Å²) in [5.41, 5.74) is 2.50. The molecule has 92 valence electrons. The van der Waals surface area contributed by atoms with Crippen LogP contribution in [0.1, 0.15) is 5.56 Å². The first-order valence-corrected chi connectivity index (χ1v) is 6.98. The molecule has 2 aliphatic rings. The minimum Gasteiger partial charge on any atom is -0.396 e. The first-order chi connectivity index (χ1) is 8.31. The number of benzene rings is 1. The summed E-state index contributed by atoms with van der Waals surface area (Å²) in [6.07, 6.45) is 0.906. The van der Waals surface area contributed by atoms with Crippen LogP contribution in [-0.4, -0.2) is 37.2 Å². The topological polar surface area (TPSA) is 41.5 Å². The van der Waals surface area contributed by atoms with Crippen LogP contribution in [0.3, 0.4) is 0 Å². The van der Waals surface area contributed by atoms with E-state index in [0.29, 0.717) is 13.2 Å². The standard InChI is InChI=1S/C13H17NO2S/c15-7-13(8-16-9-13)6-10-1-2-12-11(5-10)14-3-4-17-12/h1-2,5,14-15H,3-4,6-9H2. The van der Waals surface area contributed by atoms with Crippen LogP contribution in [-0.2, 0) is 11.2 Å². The lowest BCUT2D eigenvalue weighted by Gasteiger charge is -2.40. The highest BCUT2D eigenvalue weighted by Crippen LogP contribution is 2.35. The molecule has 0 atom stereocenters. The second-order valence-corrected chi connectivity index (χ2v) is 6.07. The van der Waals surface area contributed by atoms with Gasteiger partial charge in [-0.15, -0.1) is 11.8 Å². The van der Waals surface area contributed by atoms with E-state index in [0.717, 1.165) is 18.7 Å². The van der Waals surface area contributed by atoms with Crippen LogP contribution in [0.2, 0.25) is 0 Å². The predicted molar refractivity (Wildman–Crippen MR) is 69.7 cm³/mol. The summed E-state index contributed by atoms with van der Waals surface area (Å²) in [5, 5.41) is 12.9. The molecule has 0 aliphatic carbocycles. The summed E-state index contributed by atoms with van der Waals surface area (Å²) in [5.74, 6) is 1.14. The SMILES string of the molecule is OCC1(Cc2ccc3c(c2)NCCS3)COC1. The van der Waals surface area contributed by atoms with Gasteiger partial charge in [0.15, 0.2) is 0 Å². The zero-order valence-corrected chi connectivity index (χ0v) is 10.6. The monoisotopic (exact) mass is 251 g/mol. The van der Waals surface area contributed by atoms with E-state index in [1.807, 2.05) is 11.8 Å². The zero-order chi connectivity index (χ0) is 11.7. The minimum absolute atomic E-state index is 0.0317. The van der Waals surface area contributed by atoms with Crippen LogP contribution < -0.4 is 5.32 Å². The molecule has 0 spiro atoms. The van der Waals surface area contributed by atoms with Crippen LogP contribution in [0.5, 0.6) is 0 Å². The summed E-state index contributed by atoms with van der Waals surface area (Å²) in [6.45, 7) is 2.62. The number of rotatable bonds is 3. The van der Waals surface area contributed by atoms with Gasteiger partial charge in [-0.1, -0.05) is 6.07 Å². The van der Waals surface area contributed by atoms with Gasteiger partial charge in [0.2, 0.25) is 0 Å². The van der Waals surface area contributed by atoms with Gasteiger partial charge in [0.05, 0.1) is 19.8 Å². The molecule has 0 amide bonds. The number of nitrogens with one attached hydrogen (secondary N) is 1. The molecule has 0 radical (unpaired) electrons. The van der Waals surface area contributed by atoms with Crippen molar-refractivity contribution in [3.05, 3.63) is 23.8 Å². The summed E-state index contributed by atoms with van der Waals surface area (Å²) in [6, 6.07) is 6.58. The summed E-state index contributed by atoms with van der Waals surface area (Å²) < 4.78 is 5.23. The molecule has 0 saturated carbocycles. The van der Waals surface area contributed by atoms with Crippen molar-refractivity contribution in [1.82, 2.24) is 0 Å². The van der Waals surface area contributed by atoms with E-state index < -0.39 is 0 Å². The Kier molecular flexibility index (Phi) is 3.03. The third kappa shape index (κ3) is 2.17. The van der Waals surface area contributed by atoms with Crippen molar-refractivity contribution in [3.8, 4) is 0 Å². The van der Waals surface area contributed by atoms with E-state index in [1.165, 1.54) is 16.1 Å². The Labute approximate surface area is 106 Å². The highest BCUT2D eigenvalue weighted by atomic mass is 32.2. The number of fused-ring (bicyclic) bond motifs is 1. The fourth-order valence-corrected chi connectivity index (χ4v) is 3.25. The van der Waals surface area contributed by atoms with Crippen LogP contribution in [0.15, 0.2) is 23.1 Å². The first kappa shape index (κ1) is 11.4. The van der Waals surface area contributed by atoms with Crippen molar-refractivity contribution in [2.24, 2.45) is 5.41 Å². The number of ether oxygens (including phenoxy) is 1. The molecule has 1 aromatic carbocycles.